The second kappa shape index (κ2) is 9.65. The first kappa shape index (κ1) is 22.2. The minimum atomic E-state index is -0.234. The maximum absolute atomic E-state index is 12.9. The number of benzene rings is 2. The summed E-state index contributed by atoms with van der Waals surface area (Å²) in [5.74, 6) is 1.06. The van der Waals surface area contributed by atoms with E-state index in [0.29, 0.717) is 29.2 Å². The lowest BCUT2D eigenvalue weighted by molar-refractivity contribution is 0.0940. The molecule has 4 aromatic rings. The Bertz CT molecular complexity index is 1290. The van der Waals surface area contributed by atoms with Gasteiger partial charge in [-0.2, -0.15) is 0 Å². The van der Waals surface area contributed by atoms with Crippen LogP contribution in [0.2, 0.25) is 0 Å². The fourth-order valence-corrected chi connectivity index (χ4v) is 3.45. The lowest BCUT2D eigenvalue weighted by atomic mass is 10.1. The molecule has 2 heterocycles. The molecule has 4 rings (SSSR count). The third-order valence-corrected chi connectivity index (χ3v) is 5.52. The second-order valence-corrected chi connectivity index (χ2v) is 7.85. The summed E-state index contributed by atoms with van der Waals surface area (Å²) in [6.07, 6.45) is 3.46. The van der Waals surface area contributed by atoms with Crippen molar-refractivity contribution in [1.82, 2.24) is 20.3 Å². The van der Waals surface area contributed by atoms with Gasteiger partial charge in [-0.1, -0.05) is 6.07 Å². The van der Waals surface area contributed by atoms with Gasteiger partial charge in [0, 0.05) is 18.0 Å². The normalized spacial score (nSPS) is 11.8. The van der Waals surface area contributed by atoms with Crippen LogP contribution in [-0.4, -0.2) is 28.0 Å². The topological polar surface area (TPSA) is 86.2 Å². The van der Waals surface area contributed by atoms with Crippen LogP contribution in [0.15, 0.2) is 60.9 Å². The Morgan fingerprint density at radius 1 is 0.939 bits per heavy atom. The number of hydrogen-bond donors (Lipinski definition) is 1. The van der Waals surface area contributed by atoms with Crippen molar-refractivity contribution in [1.29, 1.82) is 0 Å². The molecule has 2 aromatic carbocycles. The van der Waals surface area contributed by atoms with Crippen molar-refractivity contribution in [3.05, 3.63) is 89.0 Å². The van der Waals surface area contributed by atoms with E-state index < -0.39 is 0 Å². The molecule has 7 heteroatoms. The van der Waals surface area contributed by atoms with Crippen LogP contribution in [0.1, 0.15) is 45.8 Å². The predicted octanol–water partition coefficient (Wildman–Crippen LogP) is 4.72. The number of carbonyl (C=O) groups excluding carboxylic acids is 1. The highest BCUT2D eigenvalue weighted by atomic mass is 16.5. The largest absolute Gasteiger partial charge is 0.493 e. The molecule has 0 spiro atoms. The summed E-state index contributed by atoms with van der Waals surface area (Å²) in [5, 5.41) is 3.04. The molecule has 2 aromatic heterocycles. The number of pyridine rings is 1. The monoisotopic (exact) mass is 442 g/mol. The molecule has 0 saturated carbocycles. The number of fused-ring (bicyclic) bond motifs is 1. The van der Waals surface area contributed by atoms with Crippen LogP contribution in [0.4, 0.5) is 0 Å². The summed E-state index contributed by atoms with van der Waals surface area (Å²) >= 11 is 0. The zero-order chi connectivity index (χ0) is 23.4. The Kier molecular flexibility index (Phi) is 6.49. The van der Waals surface area contributed by atoms with Gasteiger partial charge in [-0.05, 0) is 74.4 Å². The van der Waals surface area contributed by atoms with Crippen LogP contribution in [0.3, 0.4) is 0 Å². The van der Waals surface area contributed by atoms with Crippen LogP contribution in [0.25, 0.3) is 11.0 Å². The van der Waals surface area contributed by atoms with Crippen molar-refractivity contribution in [2.45, 2.75) is 33.4 Å². The number of nitrogens with one attached hydrogen (secondary N) is 1. The molecule has 0 aliphatic carbocycles. The van der Waals surface area contributed by atoms with E-state index in [4.69, 9.17) is 9.47 Å². The average Bonchev–Trinajstić information content (AvgIpc) is 2.83. The third-order valence-electron chi connectivity index (χ3n) is 5.52. The first-order valence-corrected chi connectivity index (χ1v) is 10.7. The van der Waals surface area contributed by atoms with Gasteiger partial charge in [-0.15, -0.1) is 0 Å². The molecule has 0 aliphatic rings. The van der Waals surface area contributed by atoms with E-state index >= 15 is 0 Å². The molecular weight excluding hydrogens is 416 g/mol. The van der Waals surface area contributed by atoms with E-state index in [0.717, 1.165) is 28.0 Å². The number of methoxy groups -OCH3 is 1. The number of hydrogen-bond acceptors (Lipinski definition) is 6. The Balaban J connectivity index is 1.47. The molecule has 0 bridgehead atoms. The third kappa shape index (κ3) is 5.09. The van der Waals surface area contributed by atoms with Gasteiger partial charge in [0.15, 0.2) is 11.5 Å². The van der Waals surface area contributed by atoms with Gasteiger partial charge in [-0.25, -0.2) is 9.97 Å². The van der Waals surface area contributed by atoms with E-state index in [-0.39, 0.29) is 11.9 Å². The molecule has 1 atom stereocenters. The van der Waals surface area contributed by atoms with Gasteiger partial charge in [0.25, 0.3) is 5.91 Å². The fourth-order valence-electron chi connectivity index (χ4n) is 3.45. The number of aromatic nitrogens is 3. The van der Waals surface area contributed by atoms with Crippen molar-refractivity contribution in [2.24, 2.45) is 0 Å². The highest BCUT2D eigenvalue weighted by Gasteiger charge is 2.15. The quantitative estimate of drug-likeness (QED) is 0.446. The minimum Gasteiger partial charge on any atom is -0.493 e. The zero-order valence-corrected chi connectivity index (χ0v) is 19.1. The predicted molar refractivity (Wildman–Crippen MR) is 126 cm³/mol. The highest BCUT2D eigenvalue weighted by molar-refractivity contribution is 5.97. The molecule has 168 valence electrons. The Morgan fingerprint density at radius 3 is 2.39 bits per heavy atom. The fraction of sp³-hybridized carbons (Fsp3) is 0.231. The Labute approximate surface area is 192 Å². The molecule has 0 radical (unpaired) electrons. The van der Waals surface area contributed by atoms with Gasteiger partial charge < -0.3 is 14.8 Å². The number of amides is 1. The molecule has 1 N–H and O–H groups in total. The SMILES string of the molecule is COc1cc([C@@H](C)NC(=O)c2ccc3nc(C)c(C)nc3c2)ccc1OCc1ccncc1. The summed E-state index contributed by atoms with van der Waals surface area (Å²) in [6, 6.07) is 14.6. The van der Waals surface area contributed by atoms with E-state index in [1.54, 1.807) is 31.6 Å². The van der Waals surface area contributed by atoms with Crippen molar-refractivity contribution >= 4 is 16.9 Å². The minimum absolute atomic E-state index is 0.179. The van der Waals surface area contributed by atoms with Gasteiger partial charge in [0.05, 0.1) is 35.6 Å². The van der Waals surface area contributed by atoms with E-state index in [1.807, 2.05) is 57.2 Å². The molecule has 33 heavy (non-hydrogen) atoms. The van der Waals surface area contributed by atoms with Gasteiger partial charge >= 0.3 is 0 Å². The molecule has 1 amide bonds. The van der Waals surface area contributed by atoms with Crippen LogP contribution < -0.4 is 14.8 Å². The van der Waals surface area contributed by atoms with Gasteiger partial charge in [0.2, 0.25) is 0 Å². The van der Waals surface area contributed by atoms with Crippen molar-refractivity contribution < 1.29 is 14.3 Å². The lowest BCUT2D eigenvalue weighted by Crippen LogP contribution is -2.26. The van der Waals surface area contributed by atoms with Crippen LogP contribution >= 0.6 is 0 Å². The van der Waals surface area contributed by atoms with E-state index in [1.165, 1.54) is 0 Å². The van der Waals surface area contributed by atoms with Crippen LogP contribution in [0.5, 0.6) is 11.5 Å². The average molecular weight is 443 g/mol. The van der Waals surface area contributed by atoms with Crippen molar-refractivity contribution in [2.75, 3.05) is 7.11 Å². The molecule has 0 fully saturated rings. The first-order chi connectivity index (χ1) is 15.9. The highest BCUT2D eigenvalue weighted by Crippen LogP contribution is 2.31. The number of carbonyl (C=O) groups is 1. The van der Waals surface area contributed by atoms with Crippen LogP contribution in [-0.2, 0) is 6.61 Å². The van der Waals surface area contributed by atoms with Gasteiger partial charge in [0.1, 0.15) is 6.61 Å². The molecule has 0 unspecified atom stereocenters. The Hall–Kier alpha value is -4.00. The summed E-state index contributed by atoms with van der Waals surface area (Å²) in [7, 11) is 1.60. The Morgan fingerprint density at radius 2 is 1.67 bits per heavy atom. The maximum Gasteiger partial charge on any atom is 0.251 e. The number of nitrogens with zero attached hydrogens (tertiary/aromatic N) is 3. The first-order valence-electron chi connectivity index (χ1n) is 10.7. The number of rotatable bonds is 7. The van der Waals surface area contributed by atoms with E-state index in [9.17, 15) is 4.79 Å². The standard InChI is InChI=1S/C26H26N4O3/c1-16-17(2)29-23-13-21(5-7-22(23)28-16)26(31)30-18(3)20-6-8-24(25(14-20)32-4)33-15-19-9-11-27-12-10-19/h5-14,18H,15H2,1-4H3,(H,30,31)/t18-/m1/s1. The van der Waals surface area contributed by atoms with Crippen molar-refractivity contribution in [3.8, 4) is 11.5 Å². The summed E-state index contributed by atoms with van der Waals surface area (Å²) < 4.78 is 11.4. The van der Waals surface area contributed by atoms with Crippen LogP contribution in [0, 0.1) is 13.8 Å². The van der Waals surface area contributed by atoms with E-state index in [2.05, 4.69) is 20.3 Å². The molecule has 0 saturated heterocycles. The van der Waals surface area contributed by atoms with Crippen molar-refractivity contribution in [3.63, 3.8) is 0 Å². The second-order valence-electron chi connectivity index (χ2n) is 7.85. The smallest absolute Gasteiger partial charge is 0.251 e. The molecule has 0 aliphatic heterocycles. The lowest BCUT2D eigenvalue weighted by Gasteiger charge is -2.17. The number of aryl methyl sites for hydroxylation is 2. The zero-order valence-electron chi connectivity index (χ0n) is 19.1. The summed E-state index contributed by atoms with van der Waals surface area (Å²) in [6.45, 7) is 6.18. The number of ether oxygens (including phenoxy) is 2. The van der Waals surface area contributed by atoms with Gasteiger partial charge in [-0.3, -0.25) is 9.78 Å². The summed E-state index contributed by atoms with van der Waals surface area (Å²) in [4.78, 5) is 26.0. The molecular formula is C26H26N4O3. The summed E-state index contributed by atoms with van der Waals surface area (Å²) in [5.41, 5.74) is 5.68. The maximum atomic E-state index is 12.9. The molecule has 7 nitrogen and oxygen atoms in total.